The van der Waals surface area contributed by atoms with Crippen molar-refractivity contribution in [2.45, 2.75) is 6.92 Å². The van der Waals surface area contributed by atoms with E-state index in [2.05, 4.69) is 15.2 Å². The van der Waals surface area contributed by atoms with Gasteiger partial charge in [-0.15, -0.1) is 10.2 Å². The first-order valence-electron chi connectivity index (χ1n) is 6.58. The number of nitrogens with two attached hydrogens (primary N) is 1. The van der Waals surface area contributed by atoms with Crippen LogP contribution in [-0.2, 0) is 0 Å². The molecule has 0 aliphatic heterocycles. The molecule has 0 aliphatic rings. The second-order valence-corrected chi connectivity index (χ2v) is 5.25. The Hall–Kier alpha value is -2.53. The number of nitrogen functional groups attached to an aromatic ring is 1. The van der Waals surface area contributed by atoms with E-state index in [9.17, 15) is 4.39 Å². The zero-order valence-corrected chi connectivity index (χ0v) is 12.5. The molecule has 0 bridgehead atoms. The molecule has 0 saturated carbocycles. The van der Waals surface area contributed by atoms with E-state index in [0.717, 1.165) is 5.56 Å². The molecule has 0 fully saturated rings. The Morgan fingerprint density at radius 1 is 1.05 bits per heavy atom. The molecule has 22 heavy (non-hydrogen) atoms. The van der Waals surface area contributed by atoms with Gasteiger partial charge in [-0.05, 0) is 24.6 Å². The summed E-state index contributed by atoms with van der Waals surface area (Å²) in [6.45, 7) is 1.64. The second kappa shape index (κ2) is 5.69. The third kappa shape index (κ3) is 2.63. The first-order valence-corrected chi connectivity index (χ1v) is 6.95. The fourth-order valence-electron chi connectivity index (χ4n) is 2.22. The summed E-state index contributed by atoms with van der Waals surface area (Å²) in [6, 6.07) is 12.4. The average Bonchev–Trinajstić information content (AvgIpc) is 2.52. The number of aryl methyl sites for hydroxylation is 1. The Balaban J connectivity index is 2.29. The molecule has 0 aliphatic carbocycles. The van der Waals surface area contributed by atoms with Crippen molar-refractivity contribution in [3.8, 4) is 22.5 Å². The van der Waals surface area contributed by atoms with Gasteiger partial charge in [0, 0.05) is 16.1 Å². The zero-order valence-electron chi connectivity index (χ0n) is 11.7. The molecule has 110 valence electrons. The van der Waals surface area contributed by atoms with Gasteiger partial charge < -0.3 is 5.73 Å². The molecule has 3 rings (SSSR count). The van der Waals surface area contributed by atoms with Crippen LogP contribution in [-0.4, -0.2) is 15.2 Å². The van der Waals surface area contributed by atoms with E-state index in [-0.39, 0.29) is 11.5 Å². The van der Waals surface area contributed by atoms with E-state index in [1.54, 1.807) is 13.0 Å². The topological polar surface area (TPSA) is 64.7 Å². The monoisotopic (exact) mass is 314 g/mol. The van der Waals surface area contributed by atoms with Crippen LogP contribution in [0.5, 0.6) is 0 Å². The minimum Gasteiger partial charge on any atom is -0.366 e. The molecular weight excluding hydrogens is 303 g/mol. The van der Waals surface area contributed by atoms with Crippen LogP contribution in [0, 0.1) is 12.7 Å². The van der Waals surface area contributed by atoms with Crippen LogP contribution >= 0.6 is 11.6 Å². The van der Waals surface area contributed by atoms with E-state index in [1.165, 1.54) is 6.07 Å². The van der Waals surface area contributed by atoms with Crippen molar-refractivity contribution >= 4 is 17.5 Å². The van der Waals surface area contributed by atoms with E-state index in [1.807, 2.05) is 30.3 Å². The van der Waals surface area contributed by atoms with E-state index >= 15 is 0 Å². The van der Waals surface area contributed by atoms with Crippen LogP contribution in [0.2, 0.25) is 5.02 Å². The lowest BCUT2D eigenvalue weighted by Gasteiger charge is -2.10. The summed E-state index contributed by atoms with van der Waals surface area (Å²) >= 11 is 6.04. The van der Waals surface area contributed by atoms with Crippen molar-refractivity contribution in [2.24, 2.45) is 0 Å². The Bertz CT molecular complexity index is 837. The predicted molar refractivity (Wildman–Crippen MR) is 84.8 cm³/mol. The van der Waals surface area contributed by atoms with Gasteiger partial charge in [-0.3, -0.25) is 0 Å². The lowest BCUT2D eigenvalue weighted by molar-refractivity contribution is 0.621. The van der Waals surface area contributed by atoms with Crippen LogP contribution in [0.25, 0.3) is 22.5 Å². The molecular formula is C16H12ClFN4. The van der Waals surface area contributed by atoms with Crippen molar-refractivity contribution < 1.29 is 4.39 Å². The minimum atomic E-state index is -0.401. The van der Waals surface area contributed by atoms with Gasteiger partial charge in [0.2, 0.25) is 5.95 Å². The number of hydrogen-bond acceptors (Lipinski definition) is 4. The van der Waals surface area contributed by atoms with Crippen LogP contribution in [0.4, 0.5) is 10.3 Å². The minimum absolute atomic E-state index is 0.0294. The molecule has 2 N–H and O–H groups in total. The quantitative estimate of drug-likeness (QED) is 0.779. The lowest BCUT2D eigenvalue weighted by Crippen LogP contribution is -2.03. The molecule has 0 unspecified atom stereocenters. The summed E-state index contributed by atoms with van der Waals surface area (Å²) in [6.07, 6.45) is 0. The summed E-state index contributed by atoms with van der Waals surface area (Å²) in [5, 5.41) is 8.20. The highest BCUT2D eigenvalue weighted by molar-refractivity contribution is 6.31. The molecule has 3 aromatic rings. The third-order valence-electron chi connectivity index (χ3n) is 3.22. The number of benzene rings is 2. The first kappa shape index (κ1) is 14.4. The maximum Gasteiger partial charge on any atom is 0.240 e. The van der Waals surface area contributed by atoms with Crippen molar-refractivity contribution in [1.82, 2.24) is 15.2 Å². The Kier molecular flexibility index (Phi) is 3.73. The van der Waals surface area contributed by atoms with Gasteiger partial charge in [-0.2, -0.15) is 0 Å². The standard InChI is InChI=1S/C16H12ClFN4/c1-9-7-11(17)8-12(13(9)18)15-14(20-16(19)22-21-15)10-5-3-2-4-6-10/h2-8H,1H3,(H2,19,20,22). The zero-order chi connectivity index (χ0) is 15.7. The molecule has 1 aromatic heterocycles. The van der Waals surface area contributed by atoms with E-state index in [0.29, 0.717) is 22.0 Å². The fraction of sp³-hybridized carbons (Fsp3) is 0.0625. The van der Waals surface area contributed by atoms with Crippen LogP contribution < -0.4 is 5.73 Å². The first-order chi connectivity index (χ1) is 10.6. The van der Waals surface area contributed by atoms with Crippen LogP contribution in [0.3, 0.4) is 0 Å². The summed E-state index contributed by atoms with van der Waals surface area (Å²) in [4.78, 5) is 4.21. The van der Waals surface area contributed by atoms with Gasteiger partial charge in [0.15, 0.2) is 0 Å². The van der Waals surface area contributed by atoms with Gasteiger partial charge in [0.25, 0.3) is 0 Å². The van der Waals surface area contributed by atoms with E-state index in [4.69, 9.17) is 17.3 Å². The van der Waals surface area contributed by atoms with Gasteiger partial charge >= 0.3 is 0 Å². The molecule has 0 amide bonds. The maximum absolute atomic E-state index is 14.5. The third-order valence-corrected chi connectivity index (χ3v) is 3.44. The average molecular weight is 315 g/mol. The van der Waals surface area contributed by atoms with Gasteiger partial charge in [-0.25, -0.2) is 9.37 Å². The highest BCUT2D eigenvalue weighted by Gasteiger charge is 2.18. The smallest absolute Gasteiger partial charge is 0.240 e. The Labute approximate surface area is 131 Å². The Morgan fingerprint density at radius 3 is 2.50 bits per heavy atom. The van der Waals surface area contributed by atoms with Crippen molar-refractivity contribution in [1.29, 1.82) is 0 Å². The fourth-order valence-corrected chi connectivity index (χ4v) is 2.49. The summed E-state index contributed by atoms with van der Waals surface area (Å²) < 4.78 is 14.5. The molecule has 0 radical (unpaired) electrons. The molecule has 0 saturated heterocycles. The number of anilines is 1. The van der Waals surface area contributed by atoms with Gasteiger partial charge in [-0.1, -0.05) is 41.9 Å². The molecule has 1 heterocycles. The number of aromatic nitrogens is 3. The molecule has 6 heteroatoms. The van der Waals surface area contributed by atoms with Crippen molar-refractivity contribution in [2.75, 3.05) is 5.73 Å². The number of nitrogens with zero attached hydrogens (tertiary/aromatic N) is 3. The molecule has 0 atom stereocenters. The maximum atomic E-state index is 14.5. The molecule has 2 aromatic carbocycles. The Morgan fingerprint density at radius 2 is 1.77 bits per heavy atom. The van der Waals surface area contributed by atoms with Crippen LogP contribution in [0.15, 0.2) is 42.5 Å². The molecule has 0 spiro atoms. The number of hydrogen-bond donors (Lipinski definition) is 1. The number of halogens is 2. The van der Waals surface area contributed by atoms with Crippen molar-refractivity contribution in [3.63, 3.8) is 0 Å². The van der Waals surface area contributed by atoms with Gasteiger partial charge in [0.1, 0.15) is 17.2 Å². The van der Waals surface area contributed by atoms with Crippen molar-refractivity contribution in [3.05, 3.63) is 58.9 Å². The summed E-state index contributed by atoms with van der Waals surface area (Å²) in [5.74, 6) is -0.371. The predicted octanol–water partition coefficient (Wildman–Crippen LogP) is 3.89. The summed E-state index contributed by atoms with van der Waals surface area (Å²) in [7, 11) is 0. The SMILES string of the molecule is Cc1cc(Cl)cc(-c2nnc(N)nc2-c2ccccc2)c1F. The highest BCUT2D eigenvalue weighted by Crippen LogP contribution is 2.33. The number of rotatable bonds is 2. The normalized spacial score (nSPS) is 10.7. The largest absolute Gasteiger partial charge is 0.366 e. The second-order valence-electron chi connectivity index (χ2n) is 4.82. The van der Waals surface area contributed by atoms with Crippen LogP contribution in [0.1, 0.15) is 5.56 Å². The highest BCUT2D eigenvalue weighted by atomic mass is 35.5. The summed E-state index contributed by atoms with van der Waals surface area (Å²) in [5.41, 5.74) is 7.87. The van der Waals surface area contributed by atoms with E-state index < -0.39 is 5.82 Å². The molecule has 4 nitrogen and oxygen atoms in total. The van der Waals surface area contributed by atoms with Gasteiger partial charge in [0.05, 0.1) is 0 Å². The lowest BCUT2D eigenvalue weighted by atomic mass is 10.0.